The Balaban J connectivity index is 2.10. The van der Waals surface area contributed by atoms with E-state index < -0.39 is 11.9 Å². The van der Waals surface area contributed by atoms with Gasteiger partial charge in [-0.1, -0.05) is 12.1 Å². The molecule has 4 nitrogen and oxygen atoms in total. The van der Waals surface area contributed by atoms with Crippen LogP contribution in [0.5, 0.6) is 0 Å². The summed E-state index contributed by atoms with van der Waals surface area (Å²) < 4.78 is 0.920. The van der Waals surface area contributed by atoms with Gasteiger partial charge in [-0.05, 0) is 52.7 Å². The Hall–Kier alpha value is -1.88. The molecule has 2 aromatic rings. The Kier molecular flexibility index (Phi) is 4.16. The summed E-state index contributed by atoms with van der Waals surface area (Å²) in [5.41, 5.74) is 1.65. The van der Waals surface area contributed by atoms with E-state index in [2.05, 4.69) is 26.2 Å². The van der Waals surface area contributed by atoms with E-state index in [1.807, 2.05) is 24.3 Å². The normalized spacial score (nSPS) is 11.9. The highest BCUT2D eigenvalue weighted by Crippen LogP contribution is 2.20. The van der Waals surface area contributed by atoms with E-state index in [0.717, 1.165) is 21.5 Å². The summed E-state index contributed by atoms with van der Waals surface area (Å²) >= 11 is 3.32. The van der Waals surface area contributed by atoms with Gasteiger partial charge in [0, 0.05) is 16.4 Å². The molecule has 1 unspecified atom stereocenters. The lowest BCUT2D eigenvalue weighted by Crippen LogP contribution is -2.07. The molecule has 0 amide bonds. The largest absolute Gasteiger partial charge is 0.481 e. The van der Waals surface area contributed by atoms with Crippen LogP contribution in [0.1, 0.15) is 18.4 Å². The Morgan fingerprint density at radius 3 is 2.47 bits per heavy atom. The van der Waals surface area contributed by atoms with E-state index in [4.69, 9.17) is 5.11 Å². The number of aromatic nitrogens is 1. The zero-order valence-electron chi connectivity index (χ0n) is 10.3. The zero-order valence-corrected chi connectivity index (χ0v) is 11.9. The summed E-state index contributed by atoms with van der Waals surface area (Å²) in [6.45, 7) is 1.67. The molecule has 0 spiro atoms. The van der Waals surface area contributed by atoms with E-state index in [1.54, 1.807) is 25.3 Å². The molecule has 1 aromatic heterocycles. The number of rotatable bonds is 4. The maximum absolute atomic E-state index is 10.9. The molecular formula is C14H13BrN2O2. The van der Waals surface area contributed by atoms with Crippen molar-refractivity contribution in [1.82, 2.24) is 4.98 Å². The number of aliphatic carboxylic acids is 1. The zero-order chi connectivity index (χ0) is 13.8. The van der Waals surface area contributed by atoms with Crippen molar-refractivity contribution in [3.8, 4) is 0 Å². The lowest BCUT2D eigenvalue weighted by molar-refractivity contribution is -0.138. The van der Waals surface area contributed by atoms with Gasteiger partial charge < -0.3 is 10.4 Å². The van der Waals surface area contributed by atoms with Gasteiger partial charge in [0.1, 0.15) is 5.82 Å². The first kappa shape index (κ1) is 13.5. The first-order valence-electron chi connectivity index (χ1n) is 5.77. The van der Waals surface area contributed by atoms with Crippen LogP contribution in [0.3, 0.4) is 0 Å². The van der Waals surface area contributed by atoms with Gasteiger partial charge in [0.05, 0.1) is 5.92 Å². The third-order valence-electron chi connectivity index (χ3n) is 2.78. The first-order chi connectivity index (χ1) is 9.06. The molecule has 0 aliphatic heterocycles. The number of benzene rings is 1. The van der Waals surface area contributed by atoms with Crippen LogP contribution in [0.2, 0.25) is 0 Å². The van der Waals surface area contributed by atoms with Crippen molar-refractivity contribution in [2.24, 2.45) is 0 Å². The summed E-state index contributed by atoms with van der Waals surface area (Å²) in [4.78, 5) is 15.1. The van der Waals surface area contributed by atoms with Crippen LogP contribution in [0, 0.1) is 0 Å². The minimum absolute atomic E-state index is 0.500. The van der Waals surface area contributed by atoms with E-state index in [0.29, 0.717) is 0 Å². The van der Waals surface area contributed by atoms with Crippen molar-refractivity contribution in [1.29, 1.82) is 0 Å². The summed E-state index contributed by atoms with van der Waals surface area (Å²) in [7, 11) is 0. The van der Waals surface area contributed by atoms with Gasteiger partial charge in [0.25, 0.3) is 0 Å². The summed E-state index contributed by atoms with van der Waals surface area (Å²) in [5, 5.41) is 12.1. The van der Waals surface area contributed by atoms with Gasteiger partial charge in [0.2, 0.25) is 0 Å². The molecule has 0 saturated carbocycles. The predicted octanol–water partition coefficient (Wildman–Crippen LogP) is 3.78. The number of nitrogens with one attached hydrogen (secondary N) is 1. The number of nitrogens with zero attached hydrogens (tertiary/aromatic N) is 1. The standard InChI is InChI=1S/C14H13BrN2O2/c1-9(14(18)19)10-2-5-12(6-3-10)17-13-7-4-11(15)8-16-13/h2-9H,1H3,(H,16,17)(H,18,19). The molecule has 0 radical (unpaired) electrons. The number of pyridine rings is 1. The number of hydrogen-bond donors (Lipinski definition) is 2. The fourth-order valence-corrected chi connectivity index (χ4v) is 1.83. The van der Waals surface area contributed by atoms with Crippen LogP contribution < -0.4 is 5.32 Å². The summed E-state index contributed by atoms with van der Waals surface area (Å²) in [5.74, 6) is -0.586. The lowest BCUT2D eigenvalue weighted by Gasteiger charge is -2.09. The summed E-state index contributed by atoms with van der Waals surface area (Å²) in [6.07, 6.45) is 1.71. The van der Waals surface area contributed by atoms with Crippen LogP contribution in [0.15, 0.2) is 47.1 Å². The highest BCUT2D eigenvalue weighted by molar-refractivity contribution is 9.10. The molecule has 19 heavy (non-hydrogen) atoms. The van der Waals surface area contributed by atoms with Crippen molar-refractivity contribution < 1.29 is 9.90 Å². The molecule has 0 aliphatic carbocycles. The van der Waals surface area contributed by atoms with E-state index in [9.17, 15) is 4.79 Å². The van der Waals surface area contributed by atoms with Gasteiger partial charge in [-0.25, -0.2) is 4.98 Å². The molecule has 0 fully saturated rings. The fourth-order valence-electron chi connectivity index (χ4n) is 1.60. The molecule has 0 bridgehead atoms. The van der Waals surface area contributed by atoms with Gasteiger partial charge in [-0.3, -0.25) is 4.79 Å². The van der Waals surface area contributed by atoms with Gasteiger partial charge >= 0.3 is 5.97 Å². The summed E-state index contributed by atoms with van der Waals surface area (Å²) in [6, 6.07) is 11.1. The molecule has 2 N–H and O–H groups in total. The van der Waals surface area contributed by atoms with Crippen molar-refractivity contribution in [3.05, 3.63) is 52.6 Å². The van der Waals surface area contributed by atoms with Gasteiger partial charge in [-0.2, -0.15) is 0 Å². The molecule has 5 heteroatoms. The number of carbonyl (C=O) groups is 1. The van der Waals surface area contributed by atoms with Crippen LogP contribution in [-0.2, 0) is 4.79 Å². The monoisotopic (exact) mass is 320 g/mol. The van der Waals surface area contributed by atoms with Crippen molar-refractivity contribution in [2.45, 2.75) is 12.8 Å². The Labute approximate surface area is 119 Å². The van der Waals surface area contributed by atoms with Crippen LogP contribution in [0.4, 0.5) is 11.5 Å². The van der Waals surface area contributed by atoms with Crippen LogP contribution in [-0.4, -0.2) is 16.1 Å². The Bertz CT molecular complexity index is 567. The second kappa shape index (κ2) is 5.84. The molecule has 1 atom stereocenters. The van der Waals surface area contributed by atoms with Crippen molar-refractivity contribution in [3.63, 3.8) is 0 Å². The molecule has 1 aromatic carbocycles. The number of halogens is 1. The third kappa shape index (κ3) is 3.54. The molecule has 1 heterocycles. The SMILES string of the molecule is CC(C(=O)O)c1ccc(Nc2ccc(Br)cn2)cc1. The number of hydrogen-bond acceptors (Lipinski definition) is 3. The van der Waals surface area contributed by atoms with Crippen molar-refractivity contribution >= 4 is 33.4 Å². The number of anilines is 2. The van der Waals surface area contributed by atoms with E-state index in [1.165, 1.54) is 0 Å². The first-order valence-corrected chi connectivity index (χ1v) is 6.57. The van der Waals surface area contributed by atoms with Crippen LogP contribution in [0.25, 0.3) is 0 Å². The average molecular weight is 321 g/mol. The molecule has 0 saturated heterocycles. The van der Waals surface area contributed by atoms with Gasteiger partial charge in [-0.15, -0.1) is 0 Å². The second-order valence-corrected chi connectivity index (χ2v) is 5.08. The Morgan fingerprint density at radius 2 is 1.95 bits per heavy atom. The lowest BCUT2D eigenvalue weighted by atomic mass is 10.0. The Morgan fingerprint density at radius 1 is 1.26 bits per heavy atom. The molecule has 2 rings (SSSR count). The minimum Gasteiger partial charge on any atom is -0.481 e. The average Bonchev–Trinajstić information content (AvgIpc) is 2.41. The number of carboxylic acids is 1. The quantitative estimate of drug-likeness (QED) is 0.900. The molecule has 0 aliphatic rings. The second-order valence-electron chi connectivity index (χ2n) is 4.17. The van der Waals surface area contributed by atoms with Gasteiger partial charge in [0.15, 0.2) is 0 Å². The maximum atomic E-state index is 10.9. The van der Waals surface area contributed by atoms with E-state index >= 15 is 0 Å². The topological polar surface area (TPSA) is 62.2 Å². The highest BCUT2D eigenvalue weighted by atomic mass is 79.9. The number of carboxylic acid groups (broad SMARTS) is 1. The highest BCUT2D eigenvalue weighted by Gasteiger charge is 2.12. The van der Waals surface area contributed by atoms with Crippen molar-refractivity contribution in [2.75, 3.05) is 5.32 Å². The van der Waals surface area contributed by atoms with Crippen LogP contribution >= 0.6 is 15.9 Å². The predicted molar refractivity (Wildman–Crippen MR) is 77.7 cm³/mol. The minimum atomic E-state index is -0.824. The maximum Gasteiger partial charge on any atom is 0.310 e. The fraction of sp³-hybridized carbons (Fsp3) is 0.143. The third-order valence-corrected chi connectivity index (χ3v) is 3.25. The molecular weight excluding hydrogens is 308 g/mol. The van der Waals surface area contributed by atoms with E-state index in [-0.39, 0.29) is 0 Å². The molecule has 98 valence electrons. The smallest absolute Gasteiger partial charge is 0.310 e.